The van der Waals surface area contributed by atoms with Crippen molar-refractivity contribution in [3.05, 3.63) is 35.4 Å². The van der Waals surface area contributed by atoms with E-state index in [0.29, 0.717) is 12.0 Å². The Morgan fingerprint density at radius 2 is 2.11 bits per heavy atom. The van der Waals surface area contributed by atoms with Crippen LogP contribution in [0.15, 0.2) is 24.3 Å². The molecule has 3 heteroatoms. The number of ether oxygens (including phenoxy) is 1. The summed E-state index contributed by atoms with van der Waals surface area (Å²) >= 11 is 0. The minimum absolute atomic E-state index is 0.118. The zero-order valence-electron chi connectivity index (χ0n) is 10.4. The third-order valence-corrected chi connectivity index (χ3v) is 4.92. The van der Waals surface area contributed by atoms with Gasteiger partial charge in [-0.2, -0.15) is 0 Å². The molecule has 1 saturated heterocycles. The third-order valence-electron chi connectivity index (χ3n) is 4.92. The Morgan fingerprint density at radius 3 is 3.00 bits per heavy atom. The topological polar surface area (TPSA) is 41.5 Å². The first-order chi connectivity index (χ1) is 8.83. The minimum Gasteiger partial charge on any atom is -0.391 e. The quantitative estimate of drug-likeness (QED) is 0.824. The predicted octanol–water partition coefficient (Wildman–Crippen LogP) is 1.27. The molecule has 3 nitrogen and oxygen atoms in total. The summed E-state index contributed by atoms with van der Waals surface area (Å²) in [6.07, 6.45) is 1.71. The summed E-state index contributed by atoms with van der Waals surface area (Å²) in [6, 6.07) is 9.04. The summed E-state index contributed by atoms with van der Waals surface area (Å²) in [7, 11) is 0. The lowest BCUT2D eigenvalue weighted by molar-refractivity contribution is 0.0879. The number of aliphatic hydroxyl groups is 1. The molecule has 1 aromatic rings. The van der Waals surface area contributed by atoms with Gasteiger partial charge in [0.05, 0.1) is 18.8 Å². The maximum Gasteiger partial charge on any atom is 0.0775 e. The summed E-state index contributed by atoms with van der Waals surface area (Å²) in [5, 5.41) is 13.9. The van der Waals surface area contributed by atoms with Gasteiger partial charge >= 0.3 is 0 Å². The van der Waals surface area contributed by atoms with Crippen LogP contribution < -0.4 is 5.32 Å². The van der Waals surface area contributed by atoms with Crippen LogP contribution >= 0.6 is 0 Å². The molecule has 0 radical (unpaired) electrons. The second-order valence-electron chi connectivity index (χ2n) is 5.92. The van der Waals surface area contributed by atoms with Crippen molar-refractivity contribution >= 4 is 0 Å². The molecular weight excluding hydrogens is 226 g/mol. The fraction of sp³-hybridized carbons (Fsp3) is 0.600. The Bertz CT molecular complexity index is 462. The summed E-state index contributed by atoms with van der Waals surface area (Å²) in [4.78, 5) is 0. The van der Waals surface area contributed by atoms with E-state index < -0.39 is 0 Å². The van der Waals surface area contributed by atoms with E-state index in [2.05, 4.69) is 29.6 Å². The maximum absolute atomic E-state index is 10.2. The standard InChI is InChI=1S/C15H19NO2/c17-14-6-9-3-1-2-4-11(9)15(14)16-13-5-10-7-18-8-12(10)13/h1-4,10,12-17H,5-8H2/t10-,12+,13?,14?,15?/m1/s1. The van der Waals surface area contributed by atoms with E-state index in [1.54, 1.807) is 0 Å². The predicted molar refractivity (Wildman–Crippen MR) is 68.2 cm³/mol. The Hall–Kier alpha value is -0.900. The Balaban J connectivity index is 1.52. The molecule has 18 heavy (non-hydrogen) atoms. The molecule has 1 aliphatic heterocycles. The number of rotatable bonds is 2. The highest BCUT2D eigenvalue weighted by atomic mass is 16.5. The van der Waals surface area contributed by atoms with Crippen LogP contribution in [0.25, 0.3) is 0 Å². The largest absolute Gasteiger partial charge is 0.391 e. The van der Waals surface area contributed by atoms with Crippen LogP contribution in [0.5, 0.6) is 0 Å². The highest BCUT2D eigenvalue weighted by molar-refractivity contribution is 5.36. The van der Waals surface area contributed by atoms with Crippen molar-refractivity contribution in [2.75, 3.05) is 13.2 Å². The number of hydrogen-bond donors (Lipinski definition) is 2. The molecule has 3 unspecified atom stereocenters. The van der Waals surface area contributed by atoms with Crippen molar-refractivity contribution in [1.82, 2.24) is 5.32 Å². The van der Waals surface area contributed by atoms with Crippen LogP contribution in [0.2, 0.25) is 0 Å². The number of benzene rings is 1. The van der Waals surface area contributed by atoms with E-state index in [0.717, 1.165) is 25.6 Å². The fourth-order valence-corrected chi connectivity index (χ4v) is 3.80. The van der Waals surface area contributed by atoms with Gasteiger partial charge in [-0.15, -0.1) is 0 Å². The van der Waals surface area contributed by atoms with Crippen molar-refractivity contribution < 1.29 is 9.84 Å². The summed E-state index contributed by atoms with van der Waals surface area (Å²) < 4.78 is 5.52. The van der Waals surface area contributed by atoms with E-state index in [9.17, 15) is 5.11 Å². The lowest BCUT2D eigenvalue weighted by Gasteiger charge is -2.41. The molecule has 0 amide bonds. The van der Waals surface area contributed by atoms with Crippen LogP contribution in [-0.4, -0.2) is 30.5 Å². The molecule has 0 aromatic heterocycles. The van der Waals surface area contributed by atoms with Crippen LogP contribution in [0.1, 0.15) is 23.6 Å². The zero-order valence-corrected chi connectivity index (χ0v) is 10.4. The molecule has 1 saturated carbocycles. The van der Waals surface area contributed by atoms with E-state index in [-0.39, 0.29) is 12.1 Å². The number of aliphatic hydroxyl groups excluding tert-OH is 1. The molecule has 0 bridgehead atoms. The number of hydrogen-bond acceptors (Lipinski definition) is 3. The van der Waals surface area contributed by atoms with Gasteiger partial charge in [-0.25, -0.2) is 0 Å². The number of nitrogens with one attached hydrogen (secondary N) is 1. The van der Waals surface area contributed by atoms with Gasteiger partial charge in [-0.1, -0.05) is 24.3 Å². The van der Waals surface area contributed by atoms with Crippen molar-refractivity contribution in [2.45, 2.75) is 31.0 Å². The van der Waals surface area contributed by atoms with Crippen molar-refractivity contribution in [2.24, 2.45) is 11.8 Å². The monoisotopic (exact) mass is 245 g/mol. The van der Waals surface area contributed by atoms with Crippen LogP contribution in [0.4, 0.5) is 0 Å². The first-order valence-corrected chi connectivity index (χ1v) is 6.92. The highest BCUT2D eigenvalue weighted by Gasteiger charge is 2.46. The first kappa shape index (κ1) is 11.0. The molecule has 3 aliphatic rings. The molecule has 96 valence electrons. The molecule has 2 N–H and O–H groups in total. The molecule has 2 aliphatic carbocycles. The lowest BCUT2D eigenvalue weighted by Crippen LogP contribution is -2.52. The Morgan fingerprint density at radius 1 is 1.22 bits per heavy atom. The van der Waals surface area contributed by atoms with E-state index >= 15 is 0 Å². The fourth-order valence-electron chi connectivity index (χ4n) is 3.80. The molecule has 4 rings (SSSR count). The van der Waals surface area contributed by atoms with Gasteiger partial charge in [0.25, 0.3) is 0 Å². The second kappa shape index (κ2) is 4.05. The summed E-state index contributed by atoms with van der Waals surface area (Å²) in [6.45, 7) is 1.83. The van der Waals surface area contributed by atoms with Gasteiger partial charge in [0.2, 0.25) is 0 Å². The van der Waals surface area contributed by atoms with Crippen LogP contribution in [-0.2, 0) is 11.2 Å². The maximum atomic E-state index is 10.2. The van der Waals surface area contributed by atoms with E-state index in [1.807, 2.05) is 0 Å². The lowest BCUT2D eigenvalue weighted by atomic mass is 9.71. The molecule has 1 heterocycles. The smallest absolute Gasteiger partial charge is 0.0775 e. The molecule has 2 fully saturated rings. The Labute approximate surface area is 107 Å². The van der Waals surface area contributed by atoms with Gasteiger partial charge in [-0.3, -0.25) is 0 Å². The van der Waals surface area contributed by atoms with Gasteiger partial charge in [-0.05, 0) is 23.5 Å². The average molecular weight is 245 g/mol. The molecule has 5 atom stereocenters. The number of fused-ring (bicyclic) bond motifs is 2. The SMILES string of the molecule is OC1Cc2ccccc2C1NC1C[C@@H]2COC[C@H]12. The van der Waals surface area contributed by atoms with Gasteiger partial charge in [0.1, 0.15) is 0 Å². The highest BCUT2D eigenvalue weighted by Crippen LogP contribution is 2.42. The first-order valence-electron chi connectivity index (χ1n) is 6.92. The summed E-state index contributed by atoms with van der Waals surface area (Å²) in [5.74, 6) is 1.43. The average Bonchev–Trinajstić information content (AvgIpc) is 2.87. The van der Waals surface area contributed by atoms with Gasteiger partial charge in [0.15, 0.2) is 0 Å². The van der Waals surface area contributed by atoms with E-state index in [1.165, 1.54) is 17.5 Å². The molecular formula is C15H19NO2. The van der Waals surface area contributed by atoms with Crippen molar-refractivity contribution in [1.29, 1.82) is 0 Å². The van der Waals surface area contributed by atoms with Crippen LogP contribution in [0, 0.1) is 11.8 Å². The third kappa shape index (κ3) is 1.54. The minimum atomic E-state index is -0.274. The normalized spacial score (nSPS) is 41.3. The zero-order chi connectivity index (χ0) is 12.1. The van der Waals surface area contributed by atoms with Gasteiger partial charge < -0.3 is 15.2 Å². The van der Waals surface area contributed by atoms with E-state index in [4.69, 9.17) is 4.74 Å². The van der Waals surface area contributed by atoms with Crippen molar-refractivity contribution in [3.8, 4) is 0 Å². The van der Waals surface area contributed by atoms with Crippen LogP contribution in [0.3, 0.4) is 0 Å². The Kier molecular flexibility index (Phi) is 2.47. The van der Waals surface area contributed by atoms with Gasteiger partial charge in [0, 0.05) is 25.0 Å². The molecule has 0 spiro atoms. The second-order valence-corrected chi connectivity index (χ2v) is 5.92. The molecule has 1 aromatic carbocycles. The van der Waals surface area contributed by atoms with Crippen molar-refractivity contribution in [3.63, 3.8) is 0 Å². The summed E-state index contributed by atoms with van der Waals surface area (Å²) in [5.41, 5.74) is 2.58.